The Balaban J connectivity index is 2.42. The van der Waals surface area contributed by atoms with Crippen LogP contribution in [0.4, 0.5) is 0 Å². The van der Waals surface area contributed by atoms with Crippen LogP contribution in [0.5, 0.6) is 0 Å². The second kappa shape index (κ2) is 6.97. The zero-order valence-electron chi connectivity index (χ0n) is 11.8. The lowest BCUT2D eigenvalue weighted by molar-refractivity contribution is -0.137. The van der Waals surface area contributed by atoms with Gasteiger partial charge >= 0.3 is 0 Å². The summed E-state index contributed by atoms with van der Waals surface area (Å²) < 4.78 is 0. The van der Waals surface area contributed by atoms with Crippen LogP contribution >= 0.6 is 0 Å². The molecule has 0 N–H and O–H groups in total. The van der Waals surface area contributed by atoms with Gasteiger partial charge in [0.05, 0.1) is 0 Å². The van der Waals surface area contributed by atoms with E-state index in [0.29, 0.717) is 5.91 Å². The van der Waals surface area contributed by atoms with Gasteiger partial charge in [0.25, 0.3) is 0 Å². The Morgan fingerprint density at radius 3 is 2.29 bits per heavy atom. The van der Waals surface area contributed by atoms with Gasteiger partial charge in [-0.1, -0.05) is 6.92 Å². The Morgan fingerprint density at radius 1 is 1.24 bits per heavy atom. The Kier molecular flexibility index (Phi) is 5.92. The molecule has 100 valence electrons. The first kappa shape index (κ1) is 14.5. The van der Waals surface area contributed by atoms with E-state index in [1.54, 1.807) is 0 Å². The summed E-state index contributed by atoms with van der Waals surface area (Å²) in [7, 11) is 6.24. The lowest BCUT2D eigenvalue weighted by Gasteiger charge is -2.34. The van der Waals surface area contributed by atoms with Crippen molar-refractivity contribution in [3.05, 3.63) is 0 Å². The van der Waals surface area contributed by atoms with E-state index in [4.69, 9.17) is 0 Å². The zero-order chi connectivity index (χ0) is 12.8. The highest BCUT2D eigenvalue weighted by molar-refractivity contribution is 5.78. The van der Waals surface area contributed by atoms with Crippen molar-refractivity contribution in [3.63, 3.8) is 0 Å². The highest BCUT2D eigenvalue weighted by Gasteiger charge is 2.25. The minimum atomic E-state index is 0.209. The summed E-state index contributed by atoms with van der Waals surface area (Å²) in [6, 6.07) is 0. The van der Waals surface area contributed by atoms with Gasteiger partial charge in [0.2, 0.25) is 5.91 Å². The molecule has 0 spiro atoms. The van der Waals surface area contributed by atoms with Crippen LogP contribution in [0.3, 0.4) is 0 Å². The van der Waals surface area contributed by atoms with E-state index in [0.717, 1.165) is 45.6 Å². The molecular weight excluding hydrogens is 214 g/mol. The van der Waals surface area contributed by atoms with E-state index in [2.05, 4.69) is 37.9 Å². The molecule has 0 aromatic carbocycles. The molecule has 0 saturated carbocycles. The quantitative estimate of drug-likeness (QED) is 0.710. The lowest BCUT2D eigenvalue weighted by atomic mass is 10.00. The molecule has 0 aromatic rings. The van der Waals surface area contributed by atoms with Gasteiger partial charge in [-0.15, -0.1) is 0 Å². The van der Waals surface area contributed by atoms with Crippen LogP contribution in [0.15, 0.2) is 0 Å². The summed E-state index contributed by atoms with van der Waals surface area (Å²) in [5.41, 5.74) is 0. The van der Waals surface area contributed by atoms with E-state index < -0.39 is 0 Å². The van der Waals surface area contributed by atoms with Crippen molar-refractivity contribution in [3.8, 4) is 0 Å². The van der Waals surface area contributed by atoms with Gasteiger partial charge in [-0.05, 0) is 40.5 Å². The highest BCUT2D eigenvalue weighted by Crippen LogP contribution is 2.14. The van der Waals surface area contributed by atoms with Gasteiger partial charge in [0.15, 0.2) is 0 Å². The molecule has 4 nitrogen and oxygen atoms in total. The normalized spacial score (nSPS) is 19.7. The van der Waals surface area contributed by atoms with Crippen molar-refractivity contribution in [1.29, 1.82) is 0 Å². The fourth-order valence-electron chi connectivity index (χ4n) is 2.20. The molecule has 1 aliphatic rings. The smallest absolute Gasteiger partial charge is 0.225 e. The summed E-state index contributed by atoms with van der Waals surface area (Å²) in [6.45, 7) is 6.93. The minimum absolute atomic E-state index is 0.209. The summed E-state index contributed by atoms with van der Waals surface area (Å²) in [5.74, 6) is 0.572. The first-order chi connectivity index (χ1) is 8.04. The first-order valence-corrected chi connectivity index (χ1v) is 6.66. The van der Waals surface area contributed by atoms with Crippen molar-refractivity contribution in [2.45, 2.75) is 19.8 Å². The van der Waals surface area contributed by atoms with Gasteiger partial charge < -0.3 is 14.7 Å². The van der Waals surface area contributed by atoms with Crippen molar-refractivity contribution in [1.82, 2.24) is 14.7 Å². The molecule has 0 aromatic heterocycles. The predicted molar refractivity (Wildman–Crippen MR) is 71.0 cm³/mol. The molecule has 17 heavy (non-hydrogen) atoms. The summed E-state index contributed by atoms with van der Waals surface area (Å²) in [4.78, 5) is 18.8. The average Bonchev–Trinajstić information content (AvgIpc) is 2.30. The molecule has 0 bridgehead atoms. The number of rotatable bonds is 5. The second-order valence-electron chi connectivity index (χ2n) is 5.33. The monoisotopic (exact) mass is 241 g/mol. The van der Waals surface area contributed by atoms with Crippen molar-refractivity contribution in [2.75, 3.05) is 53.9 Å². The van der Waals surface area contributed by atoms with Crippen molar-refractivity contribution < 1.29 is 4.79 Å². The van der Waals surface area contributed by atoms with Gasteiger partial charge in [-0.3, -0.25) is 4.79 Å². The third-order valence-electron chi connectivity index (χ3n) is 3.58. The maximum absolute atomic E-state index is 12.3. The molecule has 1 saturated heterocycles. The van der Waals surface area contributed by atoms with Crippen LogP contribution in [-0.4, -0.2) is 74.5 Å². The third-order valence-corrected chi connectivity index (χ3v) is 3.58. The number of carbonyl (C=O) groups is 1. The van der Waals surface area contributed by atoms with E-state index in [9.17, 15) is 4.79 Å². The van der Waals surface area contributed by atoms with E-state index in [-0.39, 0.29) is 5.92 Å². The topological polar surface area (TPSA) is 26.8 Å². The molecule has 1 rings (SSSR count). The second-order valence-corrected chi connectivity index (χ2v) is 5.33. The van der Waals surface area contributed by atoms with E-state index in [1.807, 2.05) is 4.90 Å². The van der Waals surface area contributed by atoms with Crippen molar-refractivity contribution >= 4 is 5.91 Å². The molecular formula is C13H27N3O. The van der Waals surface area contributed by atoms with Gasteiger partial charge in [-0.2, -0.15) is 0 Å². The molecule has 4 heteroatoms. The molecule has 0 radical (unpaired) electrons. The van der Waals surface area contributed by atoms with Crippen LogP contribution in [0.25, 0.3) is 0 Å². The molecule has 1 fully saturated rings. The summed E-state index contributed by atoms with van der Waals surface area (Å²) in [6.07, 6.45) is 1.94. The Bertz CT molecular complexity index is 235. The van der Waals surface area contributed by atoms with E-state index >= 15 is 0 Å². The van der Waals surface area contributed by atoms with Crippen LogP contribution < -0.4 is 0 Å². The van der Waals surface area contributed by atoms with Crippen LogP contribution in [-0.2, 0) is 4.79 Å². The number of amides is 1. The van der Waals surface area contributed by atoms with Crippen LogP contribution in [0.2, 0.25) is 0 Å². The number of carbonyl (C=O) groups excluding carboxylic acids is 1. The van der Waals surface area contributed by atoms with Crippen LogP contribution in [0.1, 0.15) is 19.8 Å². The lowest BCUT2D eigenvalue weighted by Crippen LogP contribution is -2.49. The molecule has 1 amide bonds. The number of nitrogens with zero attached hydrogens (tertiary/aromatic N) is 3. The molecule has 1 aliphatic heterocycles. The van der Waals surface area contributed by atoms with Gasteiger partial charge in [0.1, 0.15) is 0 Å². The van der Waals surface area contributed by atoms with Crippen molar-refractivity contribution in [2.24, 2.45) is 5.92 Å². The number of likely N-dealkylation sites (N-methyl/N-ethyl adjacent to an activating group) is 1. The number of piperazine rings is 1. The predicted octanol–water partition coefficient (Wildman–Crippen LogP) is 0.738. The maximum Gasteiger partial charge on any atom is 0.225 e. The molecule has 1 heterocycles. The average molecular weight is 241 g/mol. The standard InChI is InChI=1S/C13H27N3O/c1-5-12(6-7-14(2)3)13(17)16-10-8-15(4)9-11-16/h12H,5-11H2,1-4H3. The molecule has 0 aliphatic carbocycles. The summed E-state index contributed by atoms with van der Waals surface area (Å²) >= 11 is 0. The Labute approximate surface area is 106 Å². The zero-order valence-corrected chi connectivity index (χ0v) is 11.8. The summed E-state index contributed by atoms with van der Waals surface area (Å²) in [5, 5.41) is 0. The van der Waals surface area contributed by atoms with Crippen LogP contribution in [0, 0.1) is 5.92 Å². The minimum Gasteiger partial charge on any atom is -0.340 e. The molecule has 1 atom stereocenters. The maximum atomic E-state index is 12.3. The first-order valence-electron chi connectivity index (χ1n) is 6.66. The number of hydrogen-bond donors (Lipinski definition) is 0. The largest absolute Gasteiger partial charge is 0.340 e. The van der Waals surface area contributed by atoms with E-state index in [1.165, 1.54) is 0 Å². The fraction of sp³-hybridized carbons (Fsp3) is 0.923. The Morgan fingerprint density at radius 2 is 1.82 bits per heavy atom. The highest BCUT2D eigenvalue weighted by atomic mass is 16.2. The number of hydrogen-bond acceptors (Lipinski definition) is 3. The van der Waals surface area contributed by atoms with Gasteiger partial charge in [0, 0.05) is 32.1 Å². The molecule has 1 unspecified atom stereocenters. The Hall–Kier alpha value is -0.610. The fourth-order valence-corrected chi connectivity index (χ4v) is 2.20. The van der Waals surface area contributed by atoms with Gasteiger partial charge in [-0.25, -0.2) is 0 Å². The SMILES string of the molecule is CCC(CCN(C)C)C(=O)N1CCN(C)CC1. The third kappa shape index (κ3) is 4.64.